The molecule has 1 aromatic heterocycles. The van der Waals surface area contributed by atoms with E-state index in [-0.39, 0.29) is 19.0 Å². The Balaban J connectivity index is 1.78. The van der Waals surface area contributed by atoms with E-state index in [1.807, 2.05) is 24.3 Å². The van der Waals surface area contributed by atoms with Crippen LogP contribution in [0.3, 0.4) is 0 Å². The highest BCUT2D eigenvalue weighted by atomic mass is 35.5. The fourth-order valence-electron chi connectivity index (χ4n) is 2.99. The van der Waals surface area contributed by atoms with Gasteiger partial charge in [-0.1, -0.05) is 35.9 Å². The van der Waals surface area contributed by atoms with Crippen molar-refractivity contribution in [3.63, 3.8) is 0 Å². The summed E-state index contributed by atoms with van der Waals surface area (Å²) in [7, 11) is 0. The van der Waals surface area contributed by atoms with Crippen LogP contribution in [-0.4, -0.2) is 52.1 Å². The van der Waals surface area contributed by atoms with Gasteiger partial charge in [-0.15, -0.1) is 10.2 Å². The van der Waals surface area contributed by atoms with Gasteiger partial charge >= 0.3 is 6.09 Å². The molecule has 2 aromatic rings. The van der Waals surface area contributed by atoms with Crippen molar-refractivity contribution in [1.29, 1.82) is 0 Å². The summed E-state index contributed by atoms with van der Waals surface area (Å²) in [5.41, 5.74) is -0.624. The van der Waals surface area contributed by atoms with Crippen LogP contribution in [0.5, 0.6) is 0 Å². The maximum absolute atomic E-state index is 14.2. The first-order chi connectivity index (χ1) is 12.2. The van der Waals surface area contributed by atoms with Crippen LogP contribution in [0.4, 0.5) is 15.0 Å². The normalized spacial score (nSPS) is 20.9. The Bertz CT molecular complexity index is 811. The van der Waals surface area contributed by atoms with Gasteiger partial charge in [0.05, 0.1) is 6.54 Å². The van der Waals surface area contributed by atoms with E-state index in [1.165, 1.54) is 4.90 Å². The van der Waals surface area contributed by atoms with Crippen molar-refractivity contribution in [3.05, 3.63) is 29.4 Å². The maximum Gasteiger partial charge on any atom is 0.410 e. The van der Waals surface area contributed by atoms with Crippen LogP contribution in [0.1, 0.15) is 27.2 Å². The monoisotopic (exact) mass is 380 g/mol. The highest BCUT2D eigenvalue weighted by Gasteiger charge is 2.33. The molecule has 6 nitrogen and oxygen atoms in total. The number of amides is 1. The lowest BCUT2D eigenvalue weighted by atomic mass is 10.0. The van der Waals surface area contributed by atoms with Crippen molar-refractivity contribution in [1.82, 2.24) is 15.1 Å². The summed E-state index contributed by atoms with van der Waals surface area (Å²) in [6.07, 6.45) is -1.38. The molecule has 0 bridgehead atoms. The number of ether oxygens (including phenoxy) is 1. The van der Waals surface area contributed by atoms with E-state index in [1.54, 1.807) is 20.8 Å². The van der Waals surface area contributed by atoms with Gasteiger partial charge in [0.1, 0.15) is 11.8 Å². The second-order valence-electron chi connectivity index (χ2n) is 7.44. The fraction of sp³-hybridized carbons (Fsp3) is 0.500. The smallest absolute Gasteiger partial charge is 0.410 e. The van der Waals surface area contributed by atoms with E-state index >= 15 is 0 Å². The molecule has 8 heteroatoms. The summed E-state index contributed by atoms with van der Waals surface area (Å²) >= 11 is 6.09. The zero-order chi connectivity index (χ0) is 18.9. The molecule has 1 amide bonds. The molecule has 1 aliphatic rings. The number of rotatable bonds is 2. The Hall–Kier alpha value is -2.15. The molecule has 1 N–H and O–H groups in total. The third-order valence-electron chi connectivity index (χ3n) is 4.03. The van der Waals surface area contributed by atoms with E-state index in [9.17, 15) is 9.18 Å². The standard InChI is InChI=1S/C18H22ClFN4O2/c1-18(2,3)26-17(25)24-9-11(20)8-12(10-24)21-16-14-7-5-4-6-13(14)15(19)22-23-16/h4-7,11-12H,8-10H2,1-3H3,(H,21,23)/t11-,12-/m1/s1. The van der Waals surface area contributed by atoms with Crippen LogP contribution in [-0.2, 0) is 4.74 Å². The number of nitrogens with one attached hydrogen (secondary N) is 1. The van der Waals surface area contributed by atoms with Gasteiger partial charge in [-0.2, -0.15) is 0 Å². The molecule has 0 radical (unpaired) electrons. The van der Waals surface area contributed by atoms with Gasteiger partial charge in [0.2, 0.25) is 0 Å². The maximum atomic E-state index is 14.2. The number of fused-ring (bicyclic) bond motifs is 1. The van der Waals surface area contributed by atoms with Crippen LogP contribution >= 0.6 is 11.6 Å². The van der Waals surface area contributed by atoms with Crippen molar-refractivity contribution < 1.29 is 13.9 Å². The third-order valence-corrected chi connectivity index (χ3v) is 4.31. The Morgan fingerprint density at radius 2 is 1.96 bits per heavy atom. The quantitative estimate of drug-likeness (QED) is 0.851. The number of hydrogen-bond acceptors (Lipinski definition) is 5. The first kappa shape index (κ1) is 18.6. The first-order valence-corrected chi connectivity index (χ1v) is 8.90. The van der Waals surface area contributed by atoms with Gasteiger partial charge in [0.25, 0.3) is 0 Å². The van der Waals surface area contributed by atoms with Crippen LogP contribution < -0.4 is 5.32 Å². The van der Waals surface area contributed by atoms with Crippen molar-refractivity contribution in [2.45, 2.75) is 45.0 Å². The van der Waals surface area contributed by atoms with Gasteiger partial charge in [-0.3, -0.25) is 0 Å². The van der Waals surface area contributed by atoms with Gasteiger partial charge < -0.3 is 15.0 Å². The van der Waals surface area contributed by atoms with Crippen molar-refractivity contribution in [2.75, 3.05) is 18.4 Å². The summed E-state index contributed by atoms with van der Waals surface area (Å²) < 4.78 is 19.6. The van der Waals surface area contributed by atoms with Crippen LogP contribution in [0.15, 0.2) is 24.3 Å². The largest absolute Gasteiger partial charge is 0.444 e. The molecule has 3 rings (SSSR count). The third kappa shape index (κ3) is 4.33. The molecule has 0 spiro atoms. The molecule has 0 saturated carbocycles. The highest BCUT2D eigenvalue weighted by Crippen LogP contribution is 2.27. The number of carbonyl (C=O) groups is 1. The molecule has 2 atom stereocenters. The summed E-state index contributed by atoms with van der Waals surface area (Å²) in [5, 5.41) is 13.1. The summed E-state index contributed by atoms with van der Waals surface area (Å²) in [4.78, 5) is 13.7. The molecule has 140 valence electrons. The van der Waals surface area contributed by atoms with Gasteiger partial charge in [0, 0.05) is 29.8 Å². The number of carbonyl (C=O) groups excluding carboxylic acids is 1. The minimum absolute atomic E-state index is 0.0279. The number of anilines is 1. The van der Waals surface area contributed by atoms with Crippen molar-refractivity contribution >= 4 is 34.3 Å². The number of benzene rings is 1. The number of nitrogens with zero attached hydrogens (tertiary/aromatic N) is 3. The summed E-state index contributed by atoms with van der Waals surface area (Å²) in [6.45, 7) is 5.71. The number of piperidine rings is 1. The number of halogens is 2. The molecule has 0 unspecified atom stereocenters. The van der Waals surface area contributed by atoms with Gasteiger partial charge in [0.15, 0.2) is 11.0 Å². The predicted molar refractivity (Wildman–Crippen MR) is 99.3 cm³/mol. The predicted octanol–water partition coefficient (Wildman–Crippen LogP) is 4.04. The second-order valence-corrected chi connectivity index (χ2v) is 7.80. The highest BCUT2D eigenvalue weighted by molar-refractivity contribution is 6.34. The summed E-state index contributed by atoms with van der Waals surface area (Å²) in [5.74, 6) is 0.522. The van der Waals surface area contributed by atoms with Crippen LogP contribution in [0, 0.1) is 0 Å². The molecular weight excluding hydrogens is 359 g/mol. The first-order valence-electron chi connectivity index (χ1n) is 8.52. The van der Waals surface area contributed by atoms with Crippen LogP contribution in [0.2, 0.25) is 5.15 Å². The Morgan fingerprint density at radius 1 is 1.27 bits per heavy atom. The second kappa shape index (κ2) is 7.23. The average molecular weight is 381 g/mol. The lowest BCUT2D eigenvalue weighted by molar-refractivity contribution is 0.0124. The van der Waals surface area contributed by atoms with Gasteiger partial charge in [-0.25, -0.2) is 9.18 Å². The number of alkyl halides is 1. The van der Waals surface area contributed by atoms with Crippen LogP contribution in [0.25, 0.3) is 10.8 Å². The van der Waals surface area contributed by atoms with E-state index < -0.39 is 17.9 Å². The lowest BCUT2D eigenvalue weighted by Crippen LogP contribution is -2.51. The van der Waals surface area contributed by atoms with E-state index in [0.29, 0.717) is 17.5 Å². The molecule has 1 fully saturated rings. The number of likely N-dealkylation sites (tertiary alicyclic amines) is 1. The van der Waals surface area contributed by atoms with E-state index in [2.05, 4.69) is 15.5 Å². The van der Waals surface area contributed by atoms with E-state index in [4.69, 9.17) is 16.3 Å². The zero-order valence-corrected chi connectivity index (χ0v) is 15.8. The molecular formula is C18H22ClFN4O2. The Morgan fingerprint density at radius 3 is 2.65 bits per heavy atom. The molecule has 1 aromatic carbocycles. The topological polar surface area (TPSA) is 67.3 Å². The van der Waals surface area contributed by atoms with E-state index in [0.717, 1.165) is 10.8 Å². The number of hydrogen-bond donors (Lipinski definition) is 1. The molecule has 1 saturated heterocycles. The minimum atomic E-state index is -1.14. The Labute approximate surface area is 156 Å². The Kier molecular flexibility index (Phi) is 5.18. The molecule has 0 aliphatic carbocycles. The molecule has 26 heavy (non-hydrogen) atoms. The zero-order valence-electron chi connectivity index (χ0n) is 15.0. The summed E-state index contributed by atoms with van der Waals surface area (Å²) in [6, 6.07) is 7.16. The average Bonchev–Trinajstić information content (AvgIpc) is 2.56. The lowest BCUT2D eigenvalue weighted by Gasteiger charge is -2.36. The molecule has 1 aliphatic heterocycles. The van der Waals surface area contributed by atoms with Crippen molar-refractivity contribution in [2.24, 2.45) is 0 Å². The number of aromatic nitrogens is 2. The van der Waals surface area contributed by atoms with Crippen molar-refractivity contribution in [3.8, 4) is 0 Å². The van der Waals surface area contributed by atoms with Gasteiger partial charge in [-0.05, 0) is 20.8 Å². The minimum Gasteiger partial charge on any atom is -0.444 e. The fourth-order valence-corrected chi connectivity index (χ4v) is 3.19. The SMILES string of the molecule is CC(C)(C)OC(=O)N1C[C@H](F)C[C@@H](Nc2nnc(Cl)c3ccccc23)C1. The molecule has 2 heterocycles.